The van der Waals surface area contributed by atoms with Crippen LogP contribution in [0.2, 0.25) is 5.02 Å². The molecule has 0 saturated carbocycles. The second-order valence-electron chi connectivity index (χ2n) is 4.28. The molecule has 0 saturated heterocycles. The van der Waals surface area contributed by atoms with Gasteiger partial charge >= 0.3 is 6.18 Å². The Morgan fingerprint density at radius 3 is 2.33 bits per heavy atom. The Kier molecular flexibility index (Phi) is 5.13. The molecule has 0 spiro atoms. The Morgan fingerprint density at radius 2 is 1.76 bits per heavy atom. The van der Waals surface area contributed by atoms with Crippen LogP contribution >= 0.6 is 23.4 Å². The molecule has 0 aliphatic carbocycles. The summed E-state index contributed by atoms with van der Waals surface area (Å²) in [6.45, 7) is 0.147. The van der Waals surface area contributed by atoms with Gasteiger partial charge in [0.15, 0.2) is 0 Å². The average Bonchev–Trinajstić information content (AvgIpc) is 2.45. The zero-order chi connectivity index (χ0) is 15.5. The van der Waals surface area contributed by atoms with E-state index in [1.807, 2.05) is 12.1 Å². The van der Waals surface area contributed by atoms with Gasteiger partial charge in [0.25, 0.3) is 0 Å². The Bertz CT molecular complexity index is 615. The van der Waals surface area contributed by atoms with Crippen molar-refractivity contribution in [3.05, 3.63) is 58.2 Å². The van der Waals surface area contributed by atoms with Crippen LogP contribution in [0, 0.1) is 0 Å². The largest absolute Gasteiger partial charge is 0.433 e. The minimum atomic E-state index is -4.46. The Morgan fingerprint density at radius 1 is 1.10 bits per heavy atom. The molecule has 2 rings (SSSR count). The molecular weight excluding hydrogens is 321 g/mol. The van der Waals surface area contributed by atoms with Crippen molar-refractivity contribution in [3.63, 3.8) is 0 Å². The fourth-order valence-electron chi connectivity index (χ4n) is 1.64. The van der Waals surface area contributed by atoms with Crippen LogP contribution in [0.1, 0.15) is 16.8 Å². The fourth-order valence-corrected chi connectivity index (χ4v) is 2.76. The number of alkyl halides is 3. The van der Waals surface area contributed by atoms with Crippen molar-refractivity contribution < 1.29 is 13.2 Å². The maximum Gasteiger partial charge on any atom is 0.433 e. The van der Waals surface area contributed by atoms with Crippen LogP contribution in [0.3, 0.4) is 0 Å². The number of halogens is 4. The first kappa shape index (κ1) is 16.1. The van der Waals surface area contributed by atoms with Crippen LogP contribution in [-0.4, -0.2) is 4.98 Å². The standard InChI is InChI=1S/C14H12ClF3N2S/c15-11-4-1-9(2-5-11)8-21-13-10(7-19)3-6-12(20-13)14(16,17)18/h1-6H,7-8,19H2. The van der Waals surface area contributed by atoms with E-state index in [4.69, 9.17) is 17.3 Å². The number of rotatable bonds is 4. The normalized spacial score (nSPS) is 11.7. The molecule has 0 radical (unpaired) electrons. The summed E-state index contributed by atoms with van der Waals surface area (Å²) in [6, 6.07) is 9.45. The predicted octanol–water partition coefficient (Wildman–Crippen LogP) is 4.50. The van der Waals surface area contributed by atoms with Crippen LogP contribution < -0.4 is 5.73 Å². The molecule has 2 N–H and O–H groups in total. The molecule has 1 heterocycles. The highest BCUT2D eigenvalue weighted by Crippen LogP contribution is 2.32. The van der Waals surface area contributed by atoms with E-state index in [1.54, 1.807) is 12.1 Å². The number of hydrogen-bond acceptors (Lipinski definition) is 3. The third-order valence-corrected chi connectivity index (χ3v) is 4.09. The van der Waals surface area contributed by atoms with E-state index in [2.05, 4.69) is 4.98 Å². The van der Waals surface area contributed by atoms with E-state index in [1.165, 1.54) is 17.8 Å². The first-order valence-electron chi connectivity index (χ1n) is 6.04. The van der Waals surface area contributed by atoms with Crippen LogP contribution in [-0.2, 0) is 18.5 Å². The summed E-state index contributed by atoms with van der Waals surface area (Å²) in [4.78, 5) is 3.68. The maximum atomic E-state index is 12.7. The number of aromatic nitrogens is 1. The van der Waals surface area contributed by atoms with Gasteiger partial charge in [-0.1, -0.05) is 29.8 Å². The first-order valence-corrected chi connectivity index (χ1v) is 7.41. The molecule has 0 amide bonds. The van der Waals surface area contributed by atoms with Crippen molar-refractivity contribution >= 4 is 23.4 Å². The van der Waals surface area contributed by atoms with Crippen molar-refractivity contribution in [1.82, 2.24) is 4.98 Å². The SMILES string of the molecule is NCc1ccc(C(F)(F)F)nc1SCc1ccc(Cl)cc1. The quantitative estimate of drug-likeness (QED) is 0.837. The van der Waals surface area contributed by atoms with Gasteiger partial charge in [-0.05, 0) is 29.3 Å². The maximum absolute atomic E-state index is 12.7. The average molecular weight is 333 g/mol. The van der Waals surface area contributed by atoms with E-state index in [9.17, 15) is 13.2 Å². The van der Waals surface area contributed by atoms with E-state index in [-0.39, 0.29) is 6.54 Å². The molecule has 0 aliphatic heterocycles. The highest BCUT2D eigenvalue weighted by molar-refractivity contribution is 7.98. The molecule has 21 heavy (non-hydrogen) atoms. The van der Waals surface area contributed by atoms with Gasteiger partial charge in [0, 0.05) is 17.3 Å². The number of pyridine rings is 1. The lowest BCUT2D eigenvalue weighted by molar-refractivity contribution is -0.141. The highest BCUT2D eigenvalue weighted by Gasteiger charge is 2.32. The summed E-state index contributed by atoms with van der Waals surface area (Å²) in [5.41, 5.74) is 6.19. The Hall–Kier alpha value is -1.24. The molecule has 0 bridgehead atoms. The van der Waals surface area contributed by atoms with Gasteiger partial charge < -0.3 is 5.73 Å². The zero-order valence-corrected chi connectivity index (χ0v) is 12.4. The molecule has 0 aliphatic rings. The molecule has 7 heteroatoms. The number of thioether (sulfide) groups is 1. The van der Waals surface area contributed by atoms with Crippen molar-refractivity contribution in [2.75, 3.05) is 0 Å². The lowest BCUT2D eigenvalue weighted by Gasteiger charge is -2.11. The van der Waals surface area contributed by atoms with E-state index in [0.717, 1.165) is 11.6 Å². The van der Waals surface area contributed by atoms with Crippen LogP contribution in [0.25, 0.3) is 0 Å². The fraction of sp³-hybridized carbons (Fsp3) is 0.214. The highest BCUT2D eigenvalue weighted by atomic mass is 35.5. The summed E-state index contributed by atoms with van der Waals surface area (Å²) in [5.74, 6) is 0.498. The summed E-state index contributed by atoms with van der Waals surface area (Å²) in [6.07, 6.45) is -4.46. The first-order chi connectivity index (χ1) is 9.90. The summed E-state index contributed by atoms with van der Waals surface area (Å²) in [7, 11) is 0. The number of nitrogens with two attached hydrogens (primary N) is 1. The number of benzene rings is 1. The summed E-state index contributed by atoms with van der Waals surface area (Å²) < 4.78 is 38.1. The molecular formula is C14H12ClF3N2S. The monoisotopic (exact) mass is 332 g/mol. The van der Waals surface area contributed by atoms with E-state index < -0.39 is 11.9 Å². The summed E-state index contributed by atoms with van der Waals surface area (Å²) >= 11 is 7.01. The van der Waals surface area contributed by atoms with Crippen molar-refractivity contribution in [2.45, 2.75) is 23.5 Å². The molecule has 0 unspecified atom stereocenters. The minimum absolute atomic E-state index is 0.147. The van der Waals surface area contributed by atoms with Crippen LogP contribution in [0.4, 0.5) is 13.2 Å². The Labute approximate surface area is 129 Å². The van der Waals surface area contributed by atoms with Crippen molar-refractivity contribution in [3.8, 4) is 0 Å². The molecule has 2 nitrogen and oxygen atoms in total. The minimum Gasteiger partial charge on any atom is -0.326 e. The second kappa shape index (κ2) is 6.68. The summed E-state index contributed by atoms with van der Waals surface area (Å²) in [5, 5.41) is 0.922. The third kappa shape index (κ3) is 4.36. The lowest BCUT2D eigenvalue weighted by Crippen LogP contribution is -2.10. The van der Waals surface area contributed by atoms with Gasteiger partial charge in [-0.2, -0.15) is 13.2 Å². The van der Waals surface area contributed by atoms with Gasteiger partial charge in [-0.25, -0.2) is 4.98 Å². The lowest BCUT2D eigenvalue weighted by atomic mass is 10.2. The van der Waals surface area contributed by atoms with Crippen molar-refractivity contribution in [1.29, 1.82) is 0 Å². The van der Waals surface area contributed by atoms with Gasteiger partial charge in [-0.3, -0.25) is 0 Å². The van der Waals surface area contributed by atoms with Gasteiger partial charge in [0.05, 0.1) is 0 Å². The van der Waals surface area contributed by atoms with Crippen LogP contribution in [0.15, 0.2) is 41.4 Å². The molecule has 1 aromatic carbocycles. The molecule has 1 aromatic heterocycles. The molecule has 112 valence electrons. The van der Waals surface area contributed by atoms with Gasteiger partial charge in [0.2, 0.25) is 0 Å². The zero-order valence-electron chi connectivity index (χ0n) is 10.8. The smallest absolute Gasteiger partial charge is 0.326 e. The van der Waals surface area contributed by atoms with Gasteiger partial charge in [0.1, 0.15) is 10.7 Å². The van der Waals surface area contributed by atoms with E-state index in [0.29, 0.717) is 21.4 Å². The second-order valence-corrected chi connectivity index (χ2v) is 5.68. The Balaban J connectivity index is 2.19. The van der Waals surface area contributed by atoms with Crippen molar-refractivity contribution in [2.24, 2.45) is 5.73 Å². The van der Waals surface area contributed by atoms with Crippen LogP contribution in [0.5, 0.6) is 0 Å². The topological polar surface area (TPSA) is 38.9 Å². The molecule has 2 aromatic rings. The molecule has 0 atom stereocenters. The van der Waals surface area contributed by atoms with Gasteiger partial charge in [-0.15, -0.1) is 11.8 Å². The molecule has 0 fully saturated rings. The number of hydrogen-bond donors (Lipinski definition) is 1. The predicted molar refractivity (Wildman–Crippen MR) is 78.1 cm³/mol. The van der Waals surface area contributed by atoms with E-state index >= 15 is 0 Å². The number of nitrogens with zero attached hydrogens (tertiary/aromatic N) is 1. The third-order valence-electron chi connectivity index (χ3n) is 2.74.